The predicted molar refractivity (Wildman–Crippen MR) is 101 cm³/mol. The van der Waals surface area contributed by atoms with Gasteiger partial charge in [0.05, 0.1) is 12.8 Å². The maximum Gasteiger partial charge on any atom is 0.261 e. The molecule has 0 atom stereocenters. The lowest BCUT2D eigenvalue weighted by molar-refractivity contribution is -0.135. The largest absolute Gasteiger partial charge is 0.483 e. The molecular formula is C22H22FNO3. The average molecular weight is 367 g/mol. The van der Waals surface area contributed by atoms with Gasteiger partial charge < -0.3 is 14.1 Å². The molecular weight excluding hydrogens is 345 g/mol. The van der Waals surface area contributed by atoms with Crippen LogP contribution in [0.3, 0.4) is 0 Å². The Morgan fingerprint density at radius 3 is 2.59 bits per heavy atom. The summed E-state index contributed by atoms with van der Waals surface area (Å²) in [5, 5.41) is 0. The minimum absolute atomic E-state index is 0.126. The molecule has 4 nitrogen and oxygen atoms in total. The topological polar surface area (TPSA) is 42.7 Å². The Morgan fingerprint density at radius 1 is 1.04 bits per heavy atom. The number of furan rings is 1. The summed E-state index contributed by atoms with van der Waals surface area (Å²) in [5.74, 6) is 0.722. The van der Waals surface area contributed by atoms with Gasteiger partial charge in [-0.25, -0.2) is 4.39 Å². The first-order chi connectivity index (χ1) is 13.0. The number of benzene rings is 2. The molecule has 0 spiro atoms. The van der Waals surface area contributed by atoms with E-state index >= 15 is 0 Å². The van der Waals surface area contributed by atoms with E-state index in [0.29, 0.717) is 17.1 Å². The highest BCUT2D eigenvalue weighted by Gasteiger charge is 2.18. The number of hydrogen-bond acceptors (Lipinski definition) is 3. The van der Waals surface area contributed by atoms with Gasteiger partial charge in [-0.15, -0.1) is 0 Å². The van der Waals surface area contributed by atoms with Crippen molar-refractivity contribution in [1.29, 1.82) is 0 Å². The van der Waals surface area contributed by atoms with Crippen molar-refractivity contribution >= 4 is 5.91 Å². The van der Waals surface area contributed by atoms with Crippen LogP contribution in [0.1, 0.15) is 22.5 Å². The van der Waals surface area contributed by atoms with Crippen LogP contribution >= 0.6 is 0 Å². The van der Waals surface area contributed by atoms with Crippen LogP contribution in [0, 0.1) is 19.7 Å². The molecule has 27 heavy (non-hydrogen) atoms. The number of aryl methyl sites for hydroxylation is 1. The second-order valence-corrected chi connectivity index (χ2v) is 6.41. The first-order valence-electron chi connectivity index (χ1n) is 8.77. The van der Waals surface area contributed by atoms with E-state index in [1.807, 2.05) is 32.0 Å². The van der Waals surface area contributed by atoms with Gasteiger partial charge in [0.15, 0.2) is 6.61 Å². The quantitative estimate of drug-likeness (QED) is 0.611. The molecule has 1 amide bonds. The van der Waals surface area contributed by atoms with Gasteiger partial charge in [0.25, 0.3) is 5.91 Å². The van der Waals surface area contributed by atoms with E-state index in [-0.39, 0.29) is 31.4 Å². The number of amides is 1. The van der Waals surface area contributed by atoms with E-state index in [4.69, 9.17) is 9.15 Å². The van der Waals surface area contributed by atoms with Crippen molar-refractivity contribution in [1.82, 2.24) is 4.90 Å². The lowest BCUT2D eigenvalue weighted by Gasteiger charge is -2.22. The molecule has 0 saturated carbocycles. The fraction of sp³-hybridized carbons (Fsp3) is 0.227. The van der Waals surface area contributed by atoms with Crippen LogP contribution in [0.4, 0.5) is 4.39 Å². The number of halogens is 1. The van der Waals surface area contributed by atoms with Crippen LogP contribution in [0.2, 0.25) is 0 Å². The Labute approximate surface area is 158 Å². The van der Waals surface area contributed by atoms with E-state index in [1.54, 1.807) is 36.6 Å². The standard InChI is InChI=1S/C22H22FNO3/c1-16-7-5-11-21(17(16)2)27-15-22(25)24(14-19-9-6-12-26-19)13-18-8-3-4-10-20(18)23/h3-12H,13-15H2,1-2H3. The number of nitrogens with zero attached hydrogens (tertiary/aromatic N) is 1. The van der Waals surface area contributed by atoms with Crippen molar-refractivity contribution in [3.05, 3.63) is 89.1 Å². The van der Waals surface area contributed by atoms with E-state index in [0.717, 1.165) is 11.1 Å². The molecule has 3 aromatic rings. The van der Waals surface area contributed by atoms with Crippen LogP contribution in [-0.2, 0) is 17.9 Å². The van der Waals surface area contributed by atoms with Crippen LogP contribution in [0.5, 0.6) is 5.75 Å². The molecule has 140 valence electrons. The number of rotatable bonds is 7. The fourth-order valence-electron chi connectivity index (χ4n) is 2.77. The highest BCUT2D eigenvalue weighted by Crippen LogP contribution is 2.21. The summed E-state index contributed by atoms with van der Waals surface area (Å²) in [6, 6.07) is 15.7. The van der Waals surface area contributed by atoms with Gasteiger partial charge in [-0.3, -0.25) is 4.79 Å². The van der Waals surface area contributed by atoms with Gasteiger partial charge in [0.2, 0.25) is 0 Å². The van der Waals surface area contributed by atoms with Crippen molar-refractivity contribution in [2.75, 3.05) is 6.61 Å². The van der Waals surface area contributed by atoms with Gasteiger partial charge >= 0.3 is 0 Å². The second kappa shape index (κ2) is 8.54. The van der Waals surface area contributed by atoms with Crippen LogP contribution < -0.4 is 4.74 Å². The lowest BCUT2D eigenvalue weighted by Crippen LogP contribution is -2.34. The maximum atomic E-state index is 14.0. The zero-order valence-electron chi connectivity index (χ0n) is 15.4. The predicted octanol–water partition coefficient (Wildman–Crippen LogP) is 4.64. The van der Waals surface area contributed by atoms with E-state index in [1.165, 1.54) is 11.0 Å². The normalized spacial score (nSPS) is 10.6. The number of ether oxygens (including phenoxy) is 1. The average Bonchev–Trinajstić information content (AvgIpc) is 3.17. The smallest absolute Gasteiger partial charge is 0.261 e. The summed E-state index contributed by atoms with van der Waals surface area (Å²) in [4.78, 5) is 14.3. The van der Waals surface area contributed by atoms with Gasteiger partial charge in [-0.2, -0.15) is 0 Å². The zero-order chi connectivity index (χ0) is 19.2. The lowest BCUT2D eigenvalue weighted by atomic mass is 10.1. The third-order valence-electron chi connectivity index (χ3n) is 4.50. The first-order valence-corrected chi connectivity index (χ1v) is 8.77. The molecule has 0 radical (unpaired) electrons. The Morgan fingerprint density at radius 2 is 1.85 bits per heavy atom. The minimum Gasteiger partial charge on any atom is -0.483 e. The highest BCUT2D eigenvalue weighted by molar-refractivity contribution is 5.77. The van der Waals surface area contributed by atoms with Crippen LogP contribution in [0.15, 0.2) is 65.3 Å². The molecule has 0 aliphatic carbocycles. The summed E-state index contributed by atoms with van der Waals surface area (Å²) in [5.41, 5.74) is 2.54. The Bertz CT molecular complexity index is 906. The van der Waals surface area contributed by atoms with E-state index in [2.05, 4.69) is 0 Å². The van der Waals surface area contributed by atoms with Gasteiger partial charge in [-0.05, 0) is 49.2 Å². The molecule has 0 aliphatic heterocycles. The van der Waals surface area contributed by atoms with Gasteiger partial charge in [-0.1, -0.05) is 30.3 Å². The molecule has 0 saturated heterocycles. The Kier molecular flexibility index (Phi) is 5.91. The highest BCUT2D eigenvalue weighted by atomic mass is 19.1. The van der Waals surface area contributed by atoms with Gasteiger partial charge in [0, 0.05) is 12.1 Å². The molecule has 0 aliphatic rings. The molecule has 3 rings (SSSR count). The monoisotopic (exact) mass is 367 g/mol. The molecule has 0 bridgehead atoms. The van der Waals surface area contributed by atoms with E-state index in [9.17, 15) is 9.18 Å². The second-order valence-electron chi connectivity index (χ2n) is 6.41. The van der Waals surface area contributed by atoms with Crippen molar-refractivity contribution < 1.29 is 18.3 Å². The van der Waals surface area contributed by atoms with Gasteiger partial charge in [0.1, 0.15) is 17.3 Å². The third kappa shape index (κ3) is 4.76. The van der Waals surface area contributed by atoms with Crippen molar-refractivity contribution in [3.8, 4) is 5.75 Å². The number of carbonyl (C=O) groups is 1. The molecule has 0 unspecified atom stereocenters. The third-order valence-corrected chi connectivity index (χ3v) is 4.50. The van der Waals surface area contributed by atoms with Crippen LogP contribution in [-0.4, -0.2) is 17.4 Å². The van der Waals surface area contributed by atoms with E-state index < -0.39 is 0 Å². The summed E-state index contributed by atoms with van der Waals surface area (Å²) >= 11 is 0. The molecule has 2 aromatic carbocycles. The number of hydrogen-bond donors (Lipinski definition) is 0. The summed E-state index contributed by atoms with van der Waals surface area (Å²) in [7, 11) is 0. The first kappa shape index (κ1) is 18.7. The molecule has 1 aromatic heterocycles. The summed E-state index contributed by atoms with van der Waals surface area (Å²) in [6.07, 6.45) is 1.55. The zero-order valence-corrected chi connectivity index (χ0v) is 15.4. The SMILES string of the molecule is Cc1cccc(OCC(=O)N(Cc2ccco2)Cc2ccccc2F)c1C. The van der Waals surface area contributed by atoms with Crippen molar-refractivity contribution in [2.45, 2.75) is 26.9 Å². The molecule has 1 heterocycles. The minimum atomic E-state index is -0.342. The molecule has 0 N–H and O–H groups in total. The Hall–Kier alpha value is -3.08. The molecule has 0 fully saturated rings. The maximum absolute atomic E-state index is 14.0. The summed E-state index contributed by atoms with van der Waals surface area (Å²) in [6.45, 7) is 4.21. The summed E-state index contributed by atoms with van der Waals surface area (Å²) < 4.78 is 25.1. The Balaban J connectivity index is 1.74. The molecule has 5 heteroatoms. The fourth-order valence-corrected chi connectivity index (χ4v) is 2.77. The van der Waals surface area contributed by atoms with Crippen molar-refractivity contribution in [2.24, 2.45) is 0 Å². The number of carbonyl (C=O) groups excluding carboxylic acids is 1. The van der Waals surface area contributed by atoms with Crippen molar-refractivity contribution in [3.63, 3.8) is 0 Å². The van der Waals surface area contributed by atoms with Crippen LogP contribution in [0.25, 0.3) is 0 Å².